The lowest BCUT2D eigenvalue weighted by Crippen LogP contribution is -2.28. The summed E-state index contributed by atoms with van der Waals surface area (Å²) in [6.45, 7) is 10.3. The normalized spacial score (nSPS) is 13.0. The third kappa shape index (κ3) is 4.39. The molecule has 4 nitrogen and oxygen atoms in total. The van der Waals surface area contributed by atoms with Crippen LogP contribution in [-0.4, -0.2) is 22.5 Å². The van der Waals surface area contributed by atoms with Gasteiger partial charge in [-0.15, -0.1) is 11.3 Å². The number of aliphatic hydroxyl groups excluding tert-OH is 1. The number of hydrogen-bond acceptors (Lipinski definition) is 4. The summed E-state index contributed by atoms with van der Waals surface area (Å²) >= 11 is 1.37. The second-order valence-electron chi connectivity index (χ2n) is 6.75. The molecule has 1 unspecified atom stereocenters. The Kier molecular flexibility index (Phi) is 5.22. The van der Waals surface area contributed by atoms with Crippen molar-refractivity contribution in [2.24, 2.45) is 0 Å². The van der Waals surface area contributed by atoms with Gasteiger partial charge < -0.3 is 10.4 Å². The van der Waals surface area contributed by atoms with Gasteiger partial charge in [0, 0.05) is 6.54 Å². The quantitative estimate of drug-likeness (QED) is 0.900. The van der Waals surface area contributed by atoms with Crippen LogP contribution in [-0.2, 0) is 5.41 Å². The maximum Gasteiger partial charge on any atom is 0.263 e. The zero-order chi connectivity index (χ0) is 17.2. The van der Waals surface area contributed by atoms with E-state index in [2.05, 4.69) is 31.1 Å². The highest BCUT2D eigenvalue weighted by molar-refractivity contribution is 7.13. The van der Waals surface area contributed by atoms with E-state index >= 15 is 0 Å². The van der Waals surface area contributed by atoms with Crippen LogP contribution in [0.2, 0.25) is 0 Å². The molecule has 0 spiro atoms. The van der Waals surface area contributed by atoms with Gasteiger partial charge in [-0.05, 0) is 30.4 Å². The van der Waals surface area contributed by atoms with Crippen LogP contribution in [0.3, 0.4) is 0 Å². The van der Waals surface area contributed by atoms with E-state index in [4.69, 9.17) is 0 Å². The monoisotopic (exact) mass is 332 g/mol. The topological polar surface area (TPSA) is 62.2 Å². The van der Waals surface area contributed by atoms with Crippen molar-refractivity contribution in [1.82, 2.24) is 10.3 Å². The molecule has 0 saturated carbocycles. The zero-order valence-electron chi connectivity index (χ0n) is 14.3. The van der Waals surface area contributed by atoms with Crippen LogP contribution in [0.25, 0.3) is 0 Å². The first-order valence-electron chi connectivity index (χ1n) is 7.69. The van der Waals surface area contributed by atoms with Gasteiger partial charge in [-0.25, -0.2) is 4.98 Å². The van der Waals surface area contributed by atoms with Crippen LogP contribution < -0.4 is 5.32 Å². The maximum absolute atomic E-state index is 12.1. The summed E-state index contributed by atoms with van der Waals surface area (Å²) in [5, 5.41) is 13.9. The molecule has 2 N–H and O–H groups in total. The first-order chi connectivity index (χ1) is 10.7. The summed E-state index contributed by atoms with van der Waals surface area (Å²) in [7, 11) is 0. The fraction of sp³-hybridized carbons (Fsp3) is 0.444. The van der Waals surface area contributed by atoms with Gasteiger partial charge in [0.1, 0.15) is 4.88 Å². The molecule has 23 heavy (non-hydrogen) atoms. The highest BCUT2D eigenvalue weighted by Crippen LogP contribution is 2.24. The van der Waals surface area contributed by atoms with Crippen LogP contribution in [0.4, 0.5) is 0 Å². The highest BCUT2D eigenvalue weighted by Gasteiger charge is 2.17. The summed E-state index contributed by atoms with van der Waals surface area (Å²) in [5.41, 5.74) is 2.83. The minimum atomic E-state index is -0.720. The van der Waals surface area contributed by atoms with E-state index in [1.165, 1.54) is 16.9 Å². The molecule has 0 aliphatic carbocycles. The number of aromatic nitrogens is 1. The number of thiazole rings is 1. The molecule has 2 aromatic rings. The van der Waals surface area contributed by atoms with Gasteiger partial charge in [0.2, 0.25) is 0 Å². The Morgan fingerprint density at radius 1 is 1.26 bits per heavy atom. The molecular weight excluding hydrogens is 308 g/mol. The number of nitrogens with one attached hydrogen (secondary N) is 1. The Labute approximate surface area is 141 Å². The van der Waals surface area contributed by atoms with Gasteiger partial charge in [-0.1, -0.05) is 45.0 Å². The van der Waals surface area contributed by atoms with Crippen molar-refractivity contribution >= 4 is 17.2 Å². The van der Waals surface area contributed by atoms with Crippen molar-refractivity contribution in [2.45, 2.75) is 46.1 Å². The smallest absolute Gasteiger partial charge is 0.263 e. The molecule has 0 aliphatic rings. The number of aryl methyl sites for hydroxylation is 2. The minimum absolute atomic E-state index is 0.0826. The summed E-state index contributed by atoms with van der Waals surface area (Å²) < 4.78 is 0. The standard InChI is InChI=1S/C18H24N2O2S/c1-11-16(23-12(2)20-11)17(22)19-10-15(21)13-6-8-14(9-7-13)18(3,4)5/h6-9,15,21H,10H2,1-5H3,(H,19,22). The van der Waals surface area contributed by atoms with Crippen molar-refractivity contribution in [1.29, 1.82) is 0 Å². The maximum atomic E-state index is 12.1. The van der Waals surface area contributed by atoms with E-state index in [1.807, 2.05) is 38.1 Å². The molecule has 1 amide bonds. The number of nitrogens with zero attached hydrogens (tertiary/aromatic N) is 1. The van der Waals surface area contributed by atoms with E-state index < -0.39 is 6.10 Å². The van der Waals surface area contributed by atoms with Crippen molar-refractivity contribution < 1.29 is 9.90 Å². The number of rotatable bonds is 4. The molecule has 1 atom stereocenters. The van der Waals surface area contributed by atoms with Crippen LogP contribution in [0.5, 0.6) is 0 Å². The van der Waals surface area contributed by atoms with Crippen molar-refractivity contribution in [3.05, 3.63) is 51.0 Å². The Hall–Kier alpha value is -1.72. The molecule has 1 heterocycles. The lowest BCUT2D eigenvalue weighted by molar-refractivity contribution is 0.0919. The fourth-order valence-electron chi connectivity index (χ4n) is 2.33. The summed E-state index contributed by atoms with van der Waals surface area (Å²) in [6, 6.07) is 7.88. The van der Waals surface area contributed by atoms with Crippen molar-refractivity contribution in [3.63, 3.8) is 0 Å². The van der Waals surface area contributed by atoms with Crippen LogP contribution in [0, 0.1) is 13.8 Å². The number of carbonyl (C=O) groups is 1. The van der Waals surface area contributed by atoms with Crippen LogP contribution >= 0.6 is 11.3 Å². The molecule has 124 valence electrons. The number of benzene rings is 1. The number of carbonyl (C=O) groups excluding carboxylic acids is 1. The van der Waals surface area contributed by atoms with Gasteiger partial charge in [0.25, 0.3) is 5.91 Å². The number of aliphatic hydroxyl groups is 1. The minimum Gasteiger partial charge on any atom is -0.387 e. The average Bonchev–Trinajstić information content (AvgIpc) is 2.82. The predicted molar refractivity (Wildman–Crippen MR) is 94.0 cm³/mol. The Balaban J connectivity index is 1.98. The SMILES string of the molecule is Cc1nc(C)c(C(=O)NCC(O)c2ccc(C(C)(C)C)cc2)s1. The van der Waals surface area contributed by atoms with Gasteiger partial charge in [-0.3, -0.25) is 4.79 Å². The third-order valence-electron chi connectivity index (χ3n) is 3.73. The average molecular weight is 332 g/mol. The van der Waals surface area contributed by atoms with Gasteiger partial charge in [0.05, 0.1) is 16.8 Å². The summed E-state index contributed by atoms with van der Waals surface area (Å²) in [6.07, 6.45) is -0.720. The largest absolute Gasteiger partial charge is 0.387 e. The molecule has 2 rings (SSSR count). The molecule has 1 aromatic carbocycles. The molecule has 1 aromatic heterocycles. The Morgan fingerprint density at radius 2 is 1.87 bits per heavy atom. The third-order valence-corrected chi connectivity index (χ3v) is 4.80. The van der Waals surface area contributed by atoms with Crippen LogP contribution in [0.15, 0.2) is 24.3 Å². The first kappa shape index (κ1) is 17.6. The van der Waals surface area contributed by atoms with Crippen molar-refractivity contribution in [3.8, 4) is 0 Å². The molecule has 0 radical (unpaired) electrons. The molecule has 0 fully saturated rings. The lowest BCUT2D eigenvalue weighted by Gasteiger charge is -2.20. The number of hydrogen-bond donors (Lipinski definition) is 2. The molecule has 0 aliphatic heterocycles. The van der Waals surface area contributed by atoms with E-state index in [-0.39, 0.29) is 17.9 Å². The van der Waals surface area contributed by atoms with Gasteiger partial charge in [0.15, 0.2) is 0 Å². The van der Waals surface area contributed by atoms with E-state index in [0.717, 1.165) is 16.3 Å². The van der Waals surface area contributed by atoms with Gasteiger partial charge in [-0.2, -0.15) is 0 Å². The molecule has 0 bridgehead atoms. The second-order valence-corrected chi connectivity index (χ2v) is 7.95. The first-order valence-corrected chi connectivity index (χ1v) is 8.51. The molecule has 0 saturated heterocycles. The zero-order valence-corrected chi connectivity index (χ0v) is 15.1. The number of amides is 1. The molecular formula is C18H24N2O2S. The highest BCUT2D eigenvalue weighted by atomic mass is 32.1. The molecule has 5 heteroatoms. The van der Waals surface area contributed by atoms with E-state index in [0.29, 0.717) is 4.88 Å². The van der Waals surface area contributed by atoms with Crippen molar-refractivity contribution in [2.75, 3.05) is 6.54 Å². The lowest BCUT2D eigenvalue weighted by atomic mass is 9.86. The summed E-state index contributed by atoms with van der Waals surface area (Å²) in [4.78, 5) is 17.0. The predicted octanol–water partition coefficient (Wildman–Crippen LogP) is 3.52. The van der Waals surface area contributed by atoms with Gasteiger partial charge >= 0.3 is 0 Å². The van der Waals surface area contributed by atoms with Crippen LogP contribution in [0.1, 0.15) is 58.4 Å². The Bertz CT molecular complexity index is 684. The van der Waals surface area contributed by atoms with E-state index in [9.17, 15) is 9.90 Å². The second kappa shape index (κ2) is 6.81. The Morgan fingerprint density at radius 3 is 2.35 bits per heavy atom. The summed E-state index contributed by atoms with van der Waals surface area (Å²) in [5.74, 6) is -0.182. The van der Waals surface area contributed by atoms with E-state index in [1.54, 1.807) is 0 Å². The fourth-order valence-corrected chi connectivity index (χ4v) is 3.17.